The lowest BCUT2D eigenvalue weighted by Gasteiger charge is -2.26. The second-order valence-corrected chi connectivity index (χ2v) is 5.03. The molecule has 0 atom stereocenters. The van der Waals surface area contributed by atoms with E-state index in [0.717, 1.165) is 5.33 Å². The highest BCUT2D eigenvalue weighted by Crippen LogP contribution is 2.06. The van der Waals surface area contributed by atoms with Gasteiger partial charge >= 0.3 is 0 Å². The minimum atomic E-state index is 0.704. The van der Waals surface area contributed by atoms with Gasteiger partial charge in [0.25, 0.3) is 0 Å². The number of unbranched alkanes of at least 4 members (excludes halogenated alkanes) is 3. The van der Waals surface area contributed by atoms with Crippen molar-refractivity contribution < 1.29 is 0 Å². The molecule has 0 heterocycles. The SMILES string of the molecule is CCCCCCN(CCCBr)C(C)C. The van der Waals surface area contributed by atoms with Gasteiger partial charge in [-0.05, 0) is 39.8 Å². The highest BCUT2D eigenvalue weighted by atomic mass is 79.9. The van der Waals surface area contributed by atoms with Crippen LogP contribution in [-0.2, 0) is 0 Å². The first-order valence-electron chi connectivity index (χ1n) is 6.02. The van der Waals surface area contributed by atoms with Crippen LogP contribution in [0.15, 0.2) is 0 Å². The van der Waals surface area contributed by atoms with Crippen molar-refractivity contribution in [3.63, 3.8) is 0 Å². The van der Waals surface area contributed by atoms with Crippen LogP contribution in [0.1, 0.15) is 52.9 Å². The van der Waals surface area contributed by atoms with Gasteiger partial charge in [0.2, 0.25) is 0 Å². The van der Waals surface area contributed by atoms with Gasteiger partial charge in [0.15, 0.2) is 0 Å². The fourth-order valence-electron chi connectivity index (χ4n) is 1.63. The average molecular weight is 264 g/mol. The molecular weight excluding hydrogens is 238 g/mol. The molecule has 14 heavy (non-hydrogen) atoms. The third-order valence-electron chi connectivity index (χ3n) is 2.61. The molecule has 0 radical (unpaired) electrons. The molecule has 2 heteroatoms. The van der Waals surface area contributed by atoms with E-state index in [0.29, 0.717) is 6.04 Å². The fraction of sp³-hybridized carbons (Fsp3) is 1.00. The molecule has 1 nitrogen and oxygen atoms in total. The van der Waals surface area contributed by atoms with E-state index in [1.165, 1.54) is 45.2 Å². The Labute approximate surface area is 98.4 Å². The largest absolute Gasteiger partial charge is 0.301 e. The van der Waals surface area contributed by atoms with Crippen molar-refractivity contribution in [3.8, 4) is 0 Å². The van der Waals surface area contributed by atoms with Crippen molar-refractivity contribution in [2.24, 2.45) is 0 Å². The summed E-state index contributed by atoms with van der Waals surface area (Å²) in [6, 6.07) is 0.704. The Hall–Kier alpha value is 0.440. The van der Waals surface area contributed by atoms with Crippen LogP contribution < -0.4 is 0 Å². The molecule has 0 saturated heterocycles. The van der Waals surface area contributed by atoms with Gasteiger partial charge in [-0.3, -0.25) is 0 Å². The van der Waals surface area contributed by atoms with Gasteiger partial charge in [-0.25, -0.2) is 0 Å². The first kappa shape index (κ1) is 14.4. The molecule has 0 aliphatic heterocycles. The zero-order valence-corrected chi connectivity index (χ0v) is 11.6. The standard InChI is InChI=1S/C12H26BrN/c1-4-5-6-7-10-14(12(2)3)11-8-9-13/h12H,4-11H2,1-3H3. The van der Waals surface area contributed by atoms with Gasteiger partial charge in [0.05, 0.1) is 0 Å². The zero-order valence-electron chi connectivity index (χ0n) is 10.1. The van der Waals surface area contributed by atoms with Crippen molar-refractivity contribution in [3.05, 3.63) is 0 Å². The summed E-state index contributed by atoms with van der Waals surface area (Å²) >= 11 is 3.49. The Morgan fingerprint density at radius 2 is 1.64 bits per heavy atom. The van der Waals surface area contributed by atoms with Gasteiger partial charge in [0.1, 0.15) is 0 Å². The van der Waals surface area contributed by atoms with Gasteiger partial charge in [0, 0.05) is 11.4 Å². The number of nitrogens with zero attached hydrogens (tertiary/aromatic N) is 1. The maximum atomic E-state index is 3.49. The van der Waals surface area contributed by atoms with Crippen molar-refractivity contribution in [2.45, 2.75) is 58.9 Å². The first-order valence-corrected chi connectivity index (χ1v) is 7.14. The Kier molecular flexibility index (Phi) is 10.3. The van der Waals surface area contributed by atoms with Gasteiger partial charge in [-0.1, -0.05) is 42.1 Å². The van der Waals surface area contributed by atoms with E-state index in [1.54, 1.807) is 0 Å². The molecule has 0 bridgehead atoms. The summed E-state index contributed by atoms with van der Waals surface area (Å²) in [4.78, 5) is 2.59. The predicted molar refractivity (Wildman–Crippen MR) is 69.3 cm³/mol. The maximum Gasteiger partial charge on any atom is 0.00434 e. The second kappa shape index (κ2) is 9.97. The molecule has 0 aliphatic rings. The molecule has 0 aromatic rings. The van der Waals surface area contributed by atoms with Crippen LogP contribution in [0.5, 0.6) is 0 Å². The Bertz CT molecular complexity index is 115. The monoisotopic (exact) mass is 263 g/mol. The van der Waals surface area contributed by atoms with Crippen LogP contribution in [0, 0.1) is 0 Å². The van der Waals surface area contributed by atoms with E-state index >= 15 is 0 Å². The Balaban J connectivity index is 3.52. The van der Waals surface area contributed by atoms with Crippen LogP contribution in [0.2, 0.25) is 0 Å². The minimum absolute atomic E-state index is 0.704. The lowest BCUT2D eigenvalue weighted by molar-refractivity contribution is 0.218. The molecule has 0 fully saturated rings. The molecule has 0 aliphatic carbocycles. The smallest absolute Gasteiger partial charge is 0.00434 e. The Morgan fingerprint density at radius 1 is 1.00 bits per heavy atom. The average Bonchev–Trinajstić information content (AvgIpc) is 2.16. The molecule has 0 N–H and O–H groups in total. The molecule has 0 unspecified atom stereocenters. The predicted octanol–water partition coefficient (Wildman–Crippen LogP) is 4.06. The molecule has 86 valence electrons. The van der Waals surface area contributed by atoms with Crippen LogP contribution >= 0.6 is 15.9 Å². The number of hydrogen-bond donors (Lipinski definition) is 0. The highest BCUT2D eigenvalue weighted by Gasteiger charge is 2.07. The van der Waals surface area contributed by atoms with Gasteiger partial charge in [-0.15, -0.1) is 0 Å². The normalized spacial score (nSPS) is 11.6. The minimum Gasteiger partial charge on any atom is -0.301 e. The highest BCUT2D eigenvalue weighted by molar-refractivity contribution is 9.09. The van der Waals surface area contributed by atoms with Crippen molar-refractivity contribution >= 4 is 15.9 Å². The van der Waals surface area contributed by atoms with Gasteiger partial charge in [-0.2, -0.15) is 0 Å². The third kappa shape index (κ3) is 7.81. The van der Waals surface area contributed by atoms with Crippen molar-refractivity contribution in [1.82, 2.24) is 4.90 Å². The summed E-state index contributed by atoms with van der Waals surface area (Å²) in [5.41, 5.74) is 0. The molecule has 0 saturated carbocycles. The molecule has 0 amide bonds. The molecular formula is C12H26BrN. The number of alkyl halides is 1. The van der Waals surface area contributed by atoms with Crippen LogP contribution in [0.25, 0.3) is 0 Å². The fourth-order valence-corrected chi connectivity index (χ4v) is 1.88. The maximum absolute atomic E-state index is 3.49. The van der Waals surface area contributed by atoms with E-state index in [2.05, 4.69) is 41.6 Å². The van der Waals surface area contributed by atoms with Crippen molar-refractivity contribution in [2.75, 3.05) is 18.4 Å². The topological polar surface area (TPSA) is 3.24 Å². The lowest BCUT2D eigenvalue weighted by atomic mass is 10.2. The van der Waals surface area contributed by atoms with E-state index in [4.69, 9.17) is 0 Å². The van der Waals surface area contributed by atoms with Gasteiger partial charge < -0.3 is 4.90 Å². The quantitative estimate of drug-likeness (QED) is 0.448. The number of hydrogen-bond acceptors (Lipinski definition) is 1. The summed E-state index contributed by atoms with van der Waals surface area (Å²) in [7, 11) is 0. The summed E-state index contributed by atoms with van der Waals surface area (Å²) < 4.78 is 0. The van der Waals surface area contributed by atoms with E-state index in [9.17, 15) is 0 Å². The van der Waals surface area contributed by atoms with Crippen LogP contribution in [-0.4, -0.2) is 29.4 Å². The molecule has 0 aromatic heterocycles. The number of rotatable bonds is 9. The lowest BCUT2D eigenvalue weighted by Crippen LogP contribution is -2.32. The zero-order chi connectivity index (χ0) is 10.8. The molecule has 0 spiro atoms. The van der Waals surface area contributed by atoms with E-state index in [-0.39, 0.29) is 0 Å². The summed E-state index contributed by atoms with van der Waals surface area (Å²) in [5.74, 6) is 0. The second-order valence-electron chi connectivity index (χ2n) is 4.23. The summed E-state index contributed by atoms with van der Waals surface area (Å²) in [5, 5.41) is 1.13. The number of halogens is 1. The van der Waals surface area contributed by atoms with Crippen molar-refractivity contribution in [1.29, 1.82) is 0 Å². The summed E-state index contributed by atoms with van der Waals surface area (Å²) in [6.45, 7) is 9.40. The van der Waals surface area contributed by atoms with Crippen LogP contribution in [0.4, 0.5) is 0 Å². The van der Waals surface area contributed by atoms with Crippen LogP contribution in [0.3, 0.4) is 0 Å². The molecule has 0 aromatic carbocycles. The molecule has 0 rings (SSSR count). The van der Waals surface area contributed by atoms with E-state index in [1.807, 2.05) is 0 Å². The first-order chi connectivity index (χ1) is 6.72. The third-order valence-corrected chi connectivity index (χ3v) is 3.17. The van der Waals surface area contributed by atoms with E-state index < -0.39 is 0 Å². The summed E-state index contributed by atoms with van der Waals surface area (Å²) in [6.07, 6.45) is 6.77. The Morgan fingerprint density at radius 3 is 2.14 bits per heavy atom.